The van der Waals surface area contributed by atoms with Crippen molar-refractivity contribution >= 4 is 5.91 Å². The fraction of sp³-hybridized carbons (Fsp3) is 0.278. The van der Waals surface area contributed by atoms with Gasteiger partial charge in [-0.2, -0.15) is 0 Å². The van der Waals surface area contributed by atoms with Crippen LogP contribution in [0, 0.1) is 6.92 Å². The Labute approximate surface area is 136 Å². The Hall–Kier alpha value is -2.69. The number of hydrogen-bond acceptors (Lipinski definition) is 4. The molecule has 1 N–H and O–H groups in total. The van der Waals surface area contributed by atoms with Gasteiger partial charge in [-0.3, -0.25) is 4.79 Å². The lowest BCUT2D eigenvalue weighted by Gasteiger charge is -2.10. The van der Waals surface area contributed by atoms with Crippen molar-refractivity contribution in [3.63, 3.8) is 0 Å². The van der Waals surface area contributed by atoms with Crippen LogP contribution in [0.15, 0.2) is 48.5 Å². The normalized spacial score (nSPS) is 10.0. The van der Waals surface area contributed by atoms with Gasteiger partial charge in [-0.1, -0.05) is 18.2 Å². The molecule has 2 aromatic carbocycles. The third kappa shape index (κ3) is 5.54. The second-order valence-corrected chi connectivity index (χ2v) is 4.93. The summed E-state index contributed by atoms with van der Waals surface area (Å²) < 4.78 is 16.1. The number of para-hydroxylation sites is 1. The Balaban J connectivity index is 1.64. The monoisotopic (exact) mass is 315 g/mol. The SMILES string of the molecule is COc1ccc(OCC(=O)NCCOc2ccccc2C)cc1. The molecule has 0 atom stereocenters. The van der Waals surface area contributed by atoms with E-state index in [4.69, 9.17) is 14.2 Å². The number of methoxy groups -OCH3 is 1. The highest BCUT2D eigenvalue weighted by molar-refractivity contribution is 5.77. The lowest BCUT2D eigenvalue weighted by molar-refractivity contribution is -0.123. The number of carbonyl (C=O) groups excluding carboxylic acids is 1. The first-order valence-corrected chi connectivity index (χ1v) is 7.41. The van der Waals surface area contributed by atoms with E-state index in [0.29, 0.717) is 18.9 Å². The molecule has 0 radical (unpaired) electrons. The molecule has 0 aromatic heterocycles. The van der Waals surface area contributed by atoms with Gasteiger partial charge in [-0.05, 0) is 42.8 Å². The second-order valence-electron chi connectivity index (χ2n) is 4.93. The average Bonchev–Trinajstić information content (AvgIpc) is 2.59. The maximum absolute atomic E-state index is 11.7. The minimum atomic E-state index is -0.186. The lowest BCUT2D eigenvalue weighted by atomic mass is 10.2. The van der Waals surface area contributed by atoms with E-state index in [2.05, 4.69) is 5.32 Å². The average molecular weight is 315 g/mol. The molecule has 0 bridgehead atoms. The molecule has 23 heavy (non-hydrogen) atoms. The van der Waals surface area contributed by atoms with E-state index in [1.54, 1.807) is 31.4 Å². The number of hydrogen-bond donors (Lipinski definition) is 1. The molecule has 2 rings (SSSR count). The molecule has 0 saturated carbocycles. The van der Waals surface area contributed by atoms with E-state index in [1.165, 1.54) is 0 Å². The molecule has 0 heterocycles. The summed E-state index contributed by atoms with van der Waals surface area (Å²) in [5, 5.41) is 2.75. The molecule has 0 aliphatic carbocycles. The van der Waals surface area contributed by atoms with Gasteiger partial charge in [0.25, 0.3) is 5.91 Å². The van der Waals surface area contributed by atoms with Crippen LogP contribution in [0.4, 0.5) is 0 Å². The molecule has 0 saturated heterocycles. The van der Waals surface area contributed by atoms with Crippen molar-refractivity contribution in [3.05, 3.63) is 54.1 Å². The predicted molar refractivity (Wildman–Crippen MR) is 88.2 cm³/mol. The molecule has 0 aliphatic rings. The molecule has 5 nitrogen and oxygen atoms in total. The number of ether oxygens (including phenoxy) is 3. The van der Waals surface area contributed by atoms with Gasteiger partial charge in [0, 0.05) is 0 Å². The van der Waals surface area contributed by atoms with Crippen LogP contribution in [0.2, 0.25) is 0 Å². The molecular formula is C18H21NO4. The van der Waals surface area contributed by atoms with Crippen molar-refractivity contribution in [2.75, 3.05) is 26.9 Å². The van der Waals surface area contributed by atoms with E-state index in [-0.39, 0.29) is 12.5 Å². The van der Waals surface area contributed by atoms with E-state index >= 15 is 0 Å². The van der Waals surface area contributed by atoms with E-state index in [9.17, 15) is 4.79 Å². The summed E-state index contributed by atoms with van der Waals surface area (Å²) in [5.74, 6) is 2.01. The number of amides is 1. The second kappa shape index (κ2) is 8.68. The van der Waals surface area contributed by atoms with Crippen molar-refractivity contribution in [2.24, 2.45) is 0 Å². The van der Waals surface area contributed by atoms with Crippen molar-refractivity contribution in [1.29, 1.82) is 0 Å². The highest BCUT2D eigenvalue weighted by Crippen LogP contribution is 2.17. The minimum absolute atomic E-state index is 0.0311. The fourth-order valence-corrected chi connectivity index (χ4v) is 1.94. The molecule has 0 aliphatic heterocycles. The largest absolute Gasteiger partial charge is 0.497 e. The van der Waals surface area contributed by atoms with Crippen LogP contribution in [-0.2, 0) is 4.79 Å². The zero-order valence-corrected chi connectivity index (χ0v) is 13.4. The standard InChI is InChI=1S/C18H21NO4/c1-14-5-3-4-6-17(14)22-12-11-19-18(20)13-23-16-9-7-15(21-2)8-10-16/h3-10H,11-13H2,1-2H3,(H,19,20). The van der Waals surface area contributed by atoms with Crippen LogP contribution < -0.4 is 19.5 Å². The van der Waals surface area contributed by atoms with Crippen LogP contribution in [0.3, 0.4) is 0 Å². The zero-order valence-electron chi connectivity index (χ0n) is 13.4. The summed E-state index contributed by atoms with van der Waals surface area (Å²) in [6.07, 6.45) is 0. The van der Waals surface area contributed by atoms with Crippen molar-refractivity contribution < 1.29 is 19.0 Å². The van der Waals surface area contributed by atoms with Gasteiger partial charge in [0.2, 0.25) is 0 Å². The first-order valence-electron chi connectivity index (χ1n) is 7.41. The maximum atomic E-state index is 11.7. The molecule has 0 spiro atoms. The van der Waals surface area contributed by atoms with Gasteiger partial charge in [0.15, 0.2) is 6.61 Å². The van der Waals surface area contributed by atoms with Gasteiger partial charge in [0.1, 0.15) is 23.9 Å². The smallest absolute Gasteiger partial charge is 0.258 e. The highest BCUT2D eigenvalue weighted by atomic mass is 16.5. The third-order valence-electron chi connectivity index (χ3n) is 3.20. The van der Waals surface area contributed by atoms with Crippen LogP contribution in [0.1, 0.15) is 5.56 Å². The first-order chi connectivity index (χ1) is 11.2. The van der Waals surface area contributed by atoms with Gasteiger partial charge in [-0.15, -0.1) is 0 Å². The Kier molecular flexibility index (Phi) is 6.29. The molecule has 0 fully saturated rings. The Bertz CT molecular complexity index is 625. The number of carbonyl (C=O) groups is 1. The predicted octanol–water partition coefficient (Wildman–Crippen LogP) is 2.58. The maximum Gasteiger partial charge on any atom is 0.258 e. The van der Waals surface area contributed by atoms with E-state index in [0.717, 1.165) is 17.1 Å². The highest BCUT2D eigenvalue weighted by Gasteiger charge is 2.03. The number of aryl methyl sites for hydroxylation is 1. The van der Waals surface area contributed by atoms with E-state index < -0.39 is 0 Å². The number of benzene rings is 2. The Morgan fingerprint density at radius 2 is 1.70 bits per heavy atom. The van der Waals surface area contributed by atoms with Crippen LogP contribution >= 0.6 is 0 Å². The summed E-state index contributed by atoms with van der Waals surface area (Å²) >= 11 is 0. The first kappa shape index (κ1) is 16.7. The topological polar surface area (TPSA) is 56.8 Å². The molecule has 0 unspecified atom stereocenters. The number of rotatable bonds is 8. The van der Waals surface area contributed by atoms with Crippen LogP contribution in [-0.4, -0.2) is 32.8 Å². The zero-order chi connectivity index (χ0) is 16.5. The van der Waals surface area contributed by atoms with Gasteiger partial charge < -0.3 is 19.5 Å². The fourth-order valence-electron chi connectivity index (χ4n) is 1.94. The molecule has 5 heteroatoms. The van der Waals surface area contributed by atoms with E-state index in [1.807, 2.05) is 31.2 Å². The summed E-state index contributed by atoms with van der Waals surface area (Å²) in [4.78, 5) is 11.7. The van der Waals surface area contributed by atoms with Crippen molar-refractivity contribution in [1.82, 2.24) is 5.32 Å². The molecule has 2 aromatic rings. The van der Waals surface area contributed by atoms with Crippen molar-refractivity contribution in [3.8, 4) is 17.2 Å². The quantitative estimate of drug-likeness (QED) is 0.761. The third-order valence-corrected chi connectivity index (χ3v) is 3.20. The molecule has 1 amide bonds. The lowest BCUT2D eigenvalue weighted by Crippen LogP contribution is -2.32. The minimum Gasteiger partial charge on any atom is -0.497 e. The summed E-state index contributed by atoms with van der Waals surface area (Å²) in [6.45, 7) is 2.80. The summed E-state index contributed by atoms with van der Waals surface area (Å²) in [6, 6.07) is 14.8. The van der Waals surface area contributed by atoms with Gasteiger partial charge in [-0.25, -0.2) is 0 Å². The van der Waals surface area contributed by atoms with Crippen LogP contribution in [0.25, 0.3) is 0 Å². The molecular weight excluding hydrogens is 294 g/mol. The van der Waals surface area contributed by atoms with Gasteiger partial charge >= 0.3 is 0 Å². The summed E-state index contributed by atoms with van der Waals surface area (Å²) in [5.41, 5.74) is 1.07. The molecule has 122 valence electrons. The number of nitrogens with one attached hydrogen (secondary N) is 1. The van der Waals surface area contributed by atoms with Gasteiger partial charge in [0.05, 0.1) is 13.7 Å². The summed E-state index contributed by atoms with van der Waals surface area (Å²) in [7, 11) is 1.60. The van der Waals surface area contributed by atoms with Crippen molar-refractivity contribution in [2.45, 2.75) is 6.92 Å². The Morgan fingerprint density at radius 1 is 1.00 bits per heavy atom. The Morgan fingerprint density at radius 3 is 2.39 bits per heavy atom. The van der Waals surface area contributed by atoms with Crippen LogP contribution in [0.5, 0.6) is 17.2 Å².